The Morgan fingerprint density at radius 3 is 2.00 bits per heavy atom. The molecule has 104 valence electrons. The van der Waals surface area contributed by atoms with Crippen molar-refractivity contribution in [2.75, 3.05) is 0 Å². The molecule has 3 rings (SSSR count). The molecule has 1 aliphatic heterocycles. The molecule has 20 heavy (non-hydrogen) atoms. The Morgan fingerprint density at radius 2 is 1.45 bits per heavy atom. The van der Waals surface area contributed by atoms with Gasteiger partial charge in [0.2, 0.25) is 0 Å². The third kappa shape index (κ3) is 2.10. The van der Waals surface area contributed by atoms with E-state index in [2.05, 4.69) is 9.97 Å². The number of rotatable bonds is 1. The van der Waals surface area contributed by atoms with E-state index in [0.717, 1.165) is 16.5 Å². The van der Waals surface area contributed by atoms with Gasteiger partial charge in [0.25, 0.3) is 0 Å². The summed E-state index contributed by atoms with van der Waals surface area (Å²) in [5, 5.41) is 0.580. The summed E-state index contributed by atoms with van der Waals surface area (Å²) < 4.78 is 12.0. The Balaban J connectivity index is 2.05. The monoisotopic (exact) mass is 290 g/mol. The molecule has 0 N–H and O–H groups in total. The quantitative estimate of drug-likeness (QED) is 0.757. The second kappa shape index (κ2) is 4.42. The van der Waals surface area contributed by atoms with Crippen molar-refractivity contribution < 1.29 is 9.31 Å². The topological polar surface area (TPSA) is 44.2 Å². The minimum Gasteiger partial charge on any atom is -0.399 e. The Morgan fingerprint density at radius 1 is 0.950 bits per heavy atom. The first-order chi connectivity index (χ1) is 9.30. The van der Waals surface area contributed by atoms with Crippen LogP contribution in [0, 0.1) is 0 Å². The lowest BCUT2D eigenvalue weighted by atomic mass is 9.79. The first-order valence-electron chi connectivity index (χ1n) is 6.56. The Kier molecular flexibility index (Phi) is 3.05. The largest absolute Gasteiger partial charge is 0.496 e. The fourth-order valence-corrected chi connectivity index (χ4v) is 2.40. The number of nitrogens with zero attached hydrogens (tertiary/aromatic N) is 2. The number of hydrogen-bond acceptors (Lipinski definition) is 4. The van der Waals surface area contributed by atoms with Crippen molar-refractivity contribution in [1.82, 2.24) is 9.97 Å². The molecular formula is C14H16BClN2O2. The maximum absolute atomic E-state index is 6.34. The van der Waals surface area contributed by atoms with Gasteiger partial charge < -0.3 is 9.31 Å². The summed E-state index contributed by atoms with van der Waals surface area (Å²) in [5.41, 5.74) is 1.55. The molecule has 6 heteroatoms. The lowest BCUT2D eigenvalue weighted by Gasteiger charge is -2.32. The van der Waals surface area contributed by atoms with Crippen LogP contribution in [-0.4, -0.2) is 28.3 Å². The Hall–Kier alpha value is -1.17. The minimum atomic E-state index is -0.487. The lowest BCUT2D eigenvalue weighted by molar-refractivity contribution is 0.00578. The molecule has 2 aromatic rings. The van der Waals surface area contributed by atoms with Crippen molar-refractivity contribution in [3.8, 4) is 0 Å². The molecule has 0 spiro atoms. The van der Waals surface area contributed by atoms with Crippen LogP contribution in [-0.2, 0) is 9.31 Å². The summed E-state index contributed by atoms with van der Waals surface area (Å²) in [5.74, 6) is 0. The van der Waals surface area contributed by atoms with Crippen LogP contribution in [0.5, 0.6) is 0 Å². The van der Waals surface area contributed by atoms with Crippen molar-refractivity contribution in [3.63, 3.8) is 0 Å². The van der Waals surface area contributed by atoms with Crippen LogP contribution in [0.3, 0.4) is 0 Å². The Bertz CT molecular complexity index is 659. The third-order valence-electron chi connectivity index (χ3n) is 4.09. The van der Waals surface area contributed by atoms with Gasteiger partial charge in [0, 0.05) is 22.9 Å². The lowest BCUT2D eigenvalue weighted by Crippen LogP contribution is -2.41. The van der Waals surface area contributed by atoms with E-state index >= 15 is 0 Å². The molecule has 2 heterocycles. The van der Waals surface area contributed by atoms with Gasteiger partial charge in [-0.25, -0.2) is 0 Å². The fourth-order valence-electron chi connectivity index (χ4n) is 2.15. The average molecular weight is 291 g/mol. The maximum Gasteiger partial charge on any atom is 0.496 e. The van der Waals surface area contributed by atoms with Crippen LogP contribution in [0.2, 0.25) is 5.02 Å². The second-order valence-electron chi connectivity index (χ2n) is 6.01. The molecule has 0 unspecified atom stereocenters. The molecule has 1 saturated heterocycles. The molecule has 0 radical (unpaired) electrons. The van der Waals surface area contributed by atoms with Gasteiger partial charge in [-0.2, -0.15) is 0 Å². The third-order valence-corrected chi connectivity index (χ3v) is 4.42. The highest BCUT2D eigenvalue weighted by Crippen LogP contribution is 2.37. The molecule has 0 amide bonds. The predicted molar refractivity (Wildman–Crippen MR) is 80.3 cm³/mol. The summed E-state index contributed by atoms with van der Waals surface area (Å²) in [6.45, 7) is 8.06. The molecule has 1 fully saturated rings. The predicted octanol–water partition coefficient (Wildman–Crippen LogP) is 2.58. The fraction of sp³-hybridized carbons (Fsp3) is 0.429. The molecule has 0 atom stereocenters. The van der Waals surface area contributed by atoms with Crippen molar-refractivity contribution in [2.45, 2.75) is 38.9 Å². The van der Waals surface area contributed by atoms with Gasteiger partial charge in [0.1, 0.15) is 0 Å². The molecule has 0 bridgehead atoms. The van der Waals surface area contributed by atoms with E-state index in [9.17, 15) is 0 Å². The van der Waals surface area contributed by atoms with E-state index < -0.39 is 18.3 Å². The van der Waals surface area contributed by atoms with Crippen LogP contribution in [0.25, 0.3) is 11.0 Å². The van der Waals surface area contributed by atoms with Gasteiger partial charge in [0.15, 0.2) is 0 Å². The van der Waals surface area contributed by atoms with Gasteiger partial charge in [-0.1, -0.05) is 11.6 Å². The zero-order valence-electron chi connectivity index (χ0n) is 12.0. The number of benzene rings is 1. The van der Waals surface area contributed by atoms with Crippen molar-refractivity contribution in [1.29, 1.82) is 0 Å². The van der Waals surface area contributed by atoms with Crippen molar-refractivity contribution in [2.24, 2.45) is 0 Å². The smallest absolute Gasteiger partial charge is 0.399 e. The van der Waals surface area contributed by atoms with E-state index in [1.54, 1.807) is 18.5 Å². The molecule has 4 nitrogen and oxygen atoms in total. The van der Waals surface area contributed by atoms with Gasteiger partial charge in [0.05, 0.1) is 22.2 Å². The average Bonchev–Trinajstić information content (AvgIpc) is 2.57. The van der Waals surface area contributed by atoms with Gasteiger partial charge in [-0.05, 0) is 39.8 Å². The van der Waals surface area contributed by atoms with Crippen LogP contribution in [0.4, 0.5) is 0 Å². The van der Waals surface area contributed by atoms with Crippen LogP contribution in [0.1, 0.15) is 27.7 Å². The minimum absolute atomic E-state index is 0.391. The number of hydrogen-bond donors (Lipinski definition) is 0. The zero-order valence-corrected chi connectivity index (χ0v) is 12.7. The van der Waals surface area contributed by atoms with Crippen molar-refractivity contribution in [3.05, 3.63) is 29.5 Å². The SMILES string of the molecule is CC1(C)OB(c2cc3nccnc3cc2Cl)OC1(C)C. The molecule has 1 aromatic carbocycles. The summed E-state index contributed by atoms with van der Waals surface area (Å²) in [4.78, 5) is 8.53. The van der Waals surface area contributed by atoms with Crippen LogP contribution in [0.15, 0.2) is 24.5 Å². The first-order valence-corrected chi connectivity index (χ1v) is 6.94. The number of fused-ring (bicyclic) bond motifs is 1. The second-order valence-corrected chi connectivity index (χ2v) is 6.41. The van der Waals surface area contributed by atoms with E-state index in [-0.39, 0.29) is 0 Å². The van der Waals surface area contributed by atoms with Crippen molar-refractivity contribution >= 4 is 35.2 Å². The highest BCUT2D eigenvalue weighted by molar-refractivity contribution is 6.66. The molecule has 0 aliphatic carbocycles. The standard InChI is InChI=1S/C14H16BClN2O2/c1-13(2)14(3,4)20-15(19-13)9-7-11-12(8-10(9)16)18-6-5-17-11/h5-8H,1-4H3. The normalized spacial score (nSPS) is 20.6. The van der Waals surface area contributed by atoms with Gasteiger partial charge >= 0.3 is 7.12 Å². The maximum atomic E-state index is 6.34. The van der Waals surface area contributed by atoms with E-state index in [4.69, 9.17) is 20.9 Å². The van der Waals surface area contributed by atoms with E-state index in [0.29, 0.717) is 5.02 Å². The van der Waals surface area contributed by atoms with Gasteiger partial charge in [-0.3, -0.25) is 9.97 Å². The zero-order chi connectivity index (χ0) is 14.5. The molecular weight excluding hydrogens is 274 g/mol. The molecule has 1 aliphatic rings. The number of aromatic nitrogens is 2. The van der Waals surface area contributed by atoms with Crippen LogP contribution >= 0.6 is 11.6 Å². The highest BCUT2D eigenvalue weighted by Gasteiger charge is 2.52. The highest BCUT2D eigenvalue weighted by atomic mass is 35.5. The summed E-state index contributed by atoms with van der Waals surface area (Å²) in [7, 11) is -0.487. The Labute approximate surface area is 123 Å². The number of halogens is 1. The van der Waals surface area contributed by atoms with E-state index in [1.807, 2.05) is 33.8 Å². The summed E-state index contributed by atoms with van der Waals surface area (Å²) in [6, 6.07) is 3.68. The van der Waals surface area contributed by atoms with E-state index in [1.165, 1.54) is 0 Å². The summed E-state index contributed by atoms with van der Waals surface area (Å²) >= 11 is 6.34. The first kappa shape index (κ1) is 13.8. The van der Waals surface area contributed by atoms with Gasteiger partial charge in [-0.15, -0.1) is 0 Å². The molecule has 0 saturated carbocycles. The summed E-state index contributed by atoms with van der Waals surface area (Å²) in [6.07, 6.45) is 3.30. The van der Waals surface area contributed by atoms with Crippen LogP contribution < -0.4 is 5.46 Å². The molecule has 1 aromatic heterocycles.